The zero-order valence-corrected chi connectivity index (χ0v) is 24.5. The molecule has 2 amide bonds. The molecule has 0 saturated carbocycles. The first-order valence-corrected chi connectivity index (χ1v) is 13.4. The normalized spacial score (nSPS) is 16.9. The van der Waals surface area contributed by atoms with Crippen LogP contribution in [-0.2, 0) is 19.7 Å². The van der Waals surface area contributed by atoms with Crippen molar-refractivity contribution in [3.63, 3.8) is 0 Å². The molecule has 0 bridgehead atoms. The van der Waals surface area contributed by atoms with E-state index in [1.165, 1.54) is 12.0 Å². The molecule has 42 heavy (non-hydrogen) atoms. The van der Waals surface area contributed by atoms with Crippen LogP contribution in [0.1, 0.15) is 60.9 Å². The number of piperazine rings is 1. The van der Waals surface area contributed by atoms with Crippen molar-refractivity contribution in [1.82, 2.24) is 15.2 Å². The lowest BCUT2D eigenvalue weighted by Gasteiger charge is -2.37. The van der Waals surface area contributed by atoms with Crippen LogP contribution in [0.25, 0.3) is 0 Å². The fraction of sp³-hybridized carbons (Fsp3) is 0.379. The molecule has 0 aliphatic carbocycles. The Morgan fingerprint density at radius 2 is 1.76 bits per heavy atom. The molecule has 4 rings (SSSR count). The minimum Gasteiger partial charge on any atom is -0.468 e. The summed E-state index contributed by atoms with van der Waals surface area (Å²) in [4.78, 5) is 44.1. The van der Waals surface area contributed by atoms with E-state index in [-0.39, 0.29) is 24.3 Å². The number of aromatic nitrogens is 1. The molecule has 2 aromatic carbocycles. The number of esters is 1. The van der Waals surface area contributed by atoms with E-state index in [0.29, 0.717) is 17.1 Å². The second-order valence-electron chi connectivity index (χ2n) is 10.9. The van der Waals surface area contributed by atoms with Gasteiger partial charge in [0.2, 0.25) is 0 Å². The number of hydrogen-bond donors (Lipinski definition) is 2. The molecule has 2 heterocycles. The number of nitrogens with zero attached hydrogens (tertiary/aromatic N) is 2. The highest BCUT2D eigenvalue weighted by atomic mass is 35.5. The van der Waals surface area contributed by atoms with Gasteiger partial charge >= 0.3 is 18.1 Å². The van der Waals surface area contributed by atoms with E-state index in [4.69, 9.17) is 25.5 Å². The zero-order chi connectivity index (χ0) is 30.8. The molecule has 1 aromatic heterocycles. The van der Waals surface area contributed by atoms with E-state index >= 15 is 8.78 Å². The number of methoxy groups -OCH3 is 1. The summed E-state index contributed by atoms with van der Waals surface area (Å²) in [6.07, 6.45) is 0.520. The van der Waals surface area contributed by atoms with Crippen LogP contribution in [0.3, 0.4) is 0 Å². The van der Waals surface area contributed by atoms with Gasteiger partial charge in [-0.3, -0.25) is 19.8 Å². The van der Waals surface area contributed by atoms with Crippen molar-refractivity contribution in [2.45, 2.75) is 44.8 Å². The highest BCUT2D eigenvalue weighted by Gasteiger charge is 2.42. The SMILES string of the molecule is COC(=O)C(C)(c1ccc(Cl)cc1)c1coc(NC(=O)c2c(F)cc(C3CNCCN3C(=O)OC(C)(C)C)cc2F)n1. The Kier molecular flexibility index (Phi) is 8.88. The number of carbonyl (C=O) groups is 3. The third-order valence-corrected chi connectivity index (χ3v) is 7.05. The standard InChI is InChI=1S/C29H31ClF2N4O6/c1-28(2,3)42-27(39)36-11-10-33-14-21(36)16-12-19(31)23(20(32)13-16)24(37)35-26-34-22(15-41-26)29(4,25(38)40-5)17-6-8-18(30)9-7-17/h6-9,12-13,15,21,33H,10-11,14H2,1-5H3,(H,34,35,37). The van der Waals surface area contributed by atoms with Gasteiger partial charge in [-0.25, -0.2) is 13.6 Å². The number of oxazole rings is 1. The predicted molar refractivity (Wildman–Crippen MR) is 149 cm³/mol. The van der Waals surface area contributed by atoms with Crippen LogP contribution in [0.2, 0.25) is 5.02 Å². The summed E-state index contributed by atoms with van der Waals surface area (Å²) in [5, 5.41) is 5.78. The van der Waals surface area contributed by atoms with Crippen LogP contribution in [0.15, 0.2) is 47.1 Å². The largest absolute Gasteiger partial charge is 0.468 e. The lowest BCUT2D eigenvalue weighted by Crippen LogP contribution is -2.50. The molecule has 0 spiro atoms. The van der Waals surface area contributed by atoms with Crippen LogP contribution in [-0.4, -0.2) is 60.2 Å². The average Bonchev–Trinajstić information content (AvgIpc) is 3.40. The number of benzene rings is 2. The summed E-state index contributed by atoms with van der Waals surface area (Å²) in [6.45, 7) is 7.68. The van der Waals surface area contributed by atoms with E-state index in [2.05, 4.69) is 15.6 Å². The van der Waals surface area contributed by atoms with Gasteiger partial charge in [-0.05, 0) is 63.1 Å². The van der Waals surface area contributed by atoms with E-state index in [9.17, 15) is 14.4 Å². The fourth-order valence-corrected chi connectivity index (χ4v) is 4.75. The van der Waals surface area contributed by atoms with Crippen LogP contribution in [0.4, 0.5) is 19.6 Å². The lowest BCUT2D eigenvalue weighted by atomic mass is 9.80. The van der Waals surface area contributed by atoms with Crippen molar-refractivity contribution in [1.29, 1.82) is 0 Å². The maximum Gasteiger partial charge on any atom is 0.410 e. The van der Waals surface area contributed by atoms with Crippen molar-refractivity contribution >= 4 is 35.6 Å². The topological polar surface area (TPSA) is 123 Å². The molecule has 13 heteroatoms. The Hall–Kier alpha value is -4.03. The van der Waals surface area contributed by atoms with Gasteiger partial charge in [0.1, 0.15) is 40.2 Å². The third kappa shape index (κ3) is 6.39. The summed E-state index contributed by atoms with van der Waals surface area (Å²) in [6, 6.07) is 7.29. The smallest absolute Gasteiger partial charge is 0.410 e. The number of carbonyl (C=O) groups excluding carboxylic acids is 3. The van der Waals surface area contributed by atoms with Crippen molar-refractivity contribution < 1.29 is 37.1 Å². The summed E-state index contributed by atoms with van der Waals surface area (Å²) in [5.41, 5.74) is -2.37. The summed E-state index contributed by atoms with van der Waals surface area (Å²) in [5.74, 6) is -4.13. The lowest BCUT2D eigenvalue weighted by molar-refractivity contribution is -0.145. The first-order chi connectivity index (χ1) is 19.7. The maximum absolute atomic E-state index is 15.2. The number of hydrogen-bond acceptors (Lipinski definition) is 8. The van der Waals surface area contributed by atoms with Gasteiger partial charge in [0.25, 0.3) is 5.91 Å². The molecule has 2 N–H and O–H groups in total. The van der Waals surface area contributed by atoms with Crippen molar-refractivity contribution in [2.75, 3.05) is 32.1 Å². The molecule has 1 aliphatic rings. The summed E-state index contributed by atoms with van der Waals surface area (Å²) < 4.78 is 46.2. The van der Waals surface area contributed by atoms with Gasteiger partial charge in [-0.15, -0.1) is 0 Å². The second-order valence-corrected chi connectivity index (χ2v) is 11.3. The Balaban J connectivity index is 1.58. The average molecular weight is 605 g/mol. The van der Waals surface area contributed by atoms with Gasteiger partial charge in [0.05, 0.1) is 13.2 Å². The van der Waals surface area contributed by atoms with Crippen molar-refractivity contribution in [3.05, 3.63) is 81.7 Å². The Bertz CT molecular complexity index is 1470. The summed E-state index contributed by atoms with van der Waals surface area (Å²) in [7, 11) is 1.21. The first kappa shape index (κ1) is 30.9. The van der Waals surface area contributed by atoms with Crippen LogP contribution < -0.4 is 10.6 Å². The van der Waals surface area contributed by atoms with E-state index < -0.39 is 58.2 Å². The minimum atomic E-state index is -1.45. The Labute approximate surface area is 246 Å². The van der Waals surface area contributed by atoms with Gasteiger partial charge in [0, 0.05) is 24.7 Å². The van der Waals surface area contributed by atoms with Gasteiger partial charge in [-0.2, -0.15) is 4.98 Å². The number of amides is 2. The van der Waals surface area contributed by atoms with E-state index in [1.807, 2.05) is 0 Å². The minimum absolute atomic E-state index is 0.0790. The molecule has 2 unspecified atom stereocenters. The van der Waals surface area contributed by atoms with Gasteiger partial charge in [0.15, 0.2) is 0 Å². The number of ether oxygens (including phenoxy) is 2. The number of rotatable bonds is 6. The molecular weight excluding hydrogens is 574 g/mol. The molecule has 1 fully saturated rings. The Morgan fingerprint density at radius 1 is 1.12 bits per heavy atom. The Morgan fingerprint density at radius 3 is 2.36 bits per heavy atom. The molecule has 0 radical (unpaired) electrons. The zero-order valence-electron chi connectivity index (χ0n) is 23.7. The van der Waals surface area contributed by atoms with E-state index in [1.54, 1.807) is 52.0 Å². The number of anilines is 1. The molecule has 1 saturated heterocycles. The van der Waals surface area contributed by atoms with Crippen LogP contribution in [0.5, 0.6) is 0 Å². The maximum atomic E-state index is 15.2. The highest BCUT2D eigenvalue weighted by Crippen LogP contribution is 2.35. The quantitative estimate of drug-likeness (QED) is 0.367. The van der Waals surface area contributed by atoms with E-state index in [0.717, 1.165) is 18.4 Å². The van der Waals surface area contributed by atoms with Crippen molar-refractivity contribution in [2.24, 2.45) is 0 Å². The molecule has 224 valence electrons. The summed E-state index contributed by atoms with van der Waals surface area (Å²) >= 11 is 5.98. The van der Waals surface area contributed by atoms with Crippen LogP contribution >= 0.6 is 11.6 Å². The second kappa shape index (κ2) is 12.1. The molecular formula is C29H31ClF2N4O6. The number of nitrogens with one attached hydrogen (secondary N) is 2. The van der Waals surface area contributed by atoms with Crippen LogP contribution in [0, 0.1) is 11.6 Å². The number of halogens is 3. The molecule has 3 aromatic rings. The van der Waals surface area contributed by atoms with Crippen molar-refractivity contribution in [3.8, 4) is 0 Å². The monoisotopic (exact) mass is 604 g/mol. The molecule has 10 nitrogen and oxygen atoms in total. The van der Waals surface area contributed by atoms with Gasteiger partial charge < -0.3 is 19.2 Å². The molecule has 1 aliphatic heterocycles. The fourth-order valence-electron chi connectivity index (χ4n) is 4.62. The predicted octanol–water partition coefficient (Wildman–Crippen LogP) is 5.22. The van der Waals surface area contributed by atoms with Gasteiger partial charge in [-0.1, -0.05) is 23.7 Å². The highest BCUT2D eigenvalue weighted by molar-refractivity contribution is 6.30. The third-order valence-electron chi connectivity index (χ3n) is 6.80. The molecule has 2 atom stereocenters. The first-order valence-electron chi connectivity index (χ1n) is 13.1.